The maximum absolute atomic E-state index is 11.5. The number of benzene rings is 2. The van der Waals surface area contributed by atoms with Gasteiger partial charge in [0.15, 0.2) is 12.1 Å². The van der Waals surface area contributed by atoms with E-state index < -0.39 is 24.0 Å². The molecule has 24 heavy (non-hydrogen) atoms. The number of rotatable bonds is 7. The van der Waals surface area contributed by atoms with Gasteiger partial charge < -0.3 is 23.7 Å². The molecular weight excluding hydrogens is 346 g/mol. The van der Waals surface area contributed by atoms with Gasteiger partial charge in [-0.05, 0) is 24.3 Å². The molecule has 0 saturated carbocycles. The van der Waals surface area contributed by atoms with Crippen LogP contribution in [0.15, 0.2) is 60.7 Å². The molecule has 0 spiro atoms. The van der Waals surface area contributed by atoms with Crippen LogP contribution in [0.1, 0.15) is 2.85 Å². The van der Waals surface area contributed by atoms with Crippen molar-refractivity contribution >= 4 is 23.3 Å². The fourth-order valence-corrected chi connectivity index (χ4v) is 2.00. The molecule has 0 aliphatic carbocycles. The summed E-state index contributed by atoms with van der Waals surface area (Å²) in [5.41, 5.74) is 1.08. The van der Waals surface area contributed by atoms with Gasteiger partial charge in [-0.25, -0.2) is 9.59 Å². The van der Waals surface area contributed by atoms with Crippen molar-refractivity contribution in [3.63, 3.8) is 0 Å². The van der Waals surface area contributed by atoms with Gasteiger partial charge in [0.1, 0.15) is 0 Å². The fraction of sp³-hybridized carbons (Fsp3) is 0.125. The van der Waals surface area contributed by atoms with E-state index in [-0.39, 0.29) is 83.8 Å². The van der Waals surface area contributed by atoms with Gasteiger partial charge in [-0.2, -0.15) is 0 Å². The molecule has 6 nitrogen and oxygen atoms in total. The monoisotopic (exact) mass is 364 g/mol. The number of carboxylic acids is 2. The van der Waals surface area contributed by atoms with Crippen molar-refractivity contribution in [2.24, 2.45) is 0 Å². The molecule has 0 saturated heterocycles. The van der Waals surface area contributed by atoms with E-state index in [1.54, 1.807) is 60.7 Å². The molecule has 2 aromatic rings. The number of hydrogen-bond donors (Lipinski definition) is 4. The minimum atomic E-state index is -1.32. The van der Waals surface area contributed by atoms with Crippen LogP contribution in [0.25, 0.3) is 0 Å². The summed E-state index contributed by atoms with van der Waals surface area (Å²) < 4.78 is 0. The predicted molar refractivity (Wildman–Crippen MR) is 85.2 cm³/mol. The second-order valence-electron chi connectivity index (χ2n) is 4.65. The van der Waals surface area contributed by atoms with Crippen molar-refractivity contribution in [2.75, 3.05) is 10.6 Å². The van der Waals surface area contributed by atoms with E-state index in [9.17, 15) is 19.8 Å². The molecule has 0 aliphatic heterocycles. The number of hydrogen-bond acceptors (Lipinski definition) is 4. The number of para-hydroxylation sites is 2. The van der Waals surface area contributed by atoms with Crippen molar-refractivity contribution in [3.05, 3.63) is 60.7 Å². The molecule has 0 aliphatic rings. The molecule has 0 aromatic heterocycles. The number of carbonyl (C=O) groups is 2. The molecule has 2 aromatic carbocycles. The minimum Gasteiger partial charge on any atom is -1.00 e. The summed E-state index contributed by atoms with van der Waals surface area (Å²) in [6.45, 7) is 0. The Morgan fingerprint density at radius 1 is 0.750 bits per heavy atom. The van der Waals surface area contributed by atoms with Gasteiger partial charge >= 0.3 is 92.9 Å². The molecule has 0 fully saturated rings. The third kappa shape index (κ3) is 7.24. The van der Waals surface area contributed by atoms with E-state index in [2.05, 4.69) is 10.6 Å². The summed E-state index contributed by atoms with van der Waals surface area (Å²) in [6.07, 6.45) is 0. The molecular formula is C16H18KN2NaO4. The van der Waals surface area contributed by atoms with Gasteiger partial charge in [-0.3, -0.25) is 0 Å². The van der Waals surface area contributed by atoms with Crippen LogP contribution < -0.4 is 91.6 Å². The summed E-state index contributed by atoms with van der Waals surface area (Å²) in [6, 6.07) is 14.6. The summed E-state index contributed by atoms with van der Waals surface area (Å²) >= 11 is 0. The van der Waals surface area contributed by atoms with Crippen LogP contribution in [0.3, 0.4) is 0 Å². The Hall–Kier alpha value is -0.384. The van der Waals surface area contributed by atoms with Gasteiger partial charge in [0.25, 0.3) is 0 Å². The van der Waals surface area contributed by atoms with Crippen molar-refractivity contribution in [1.82, 2.24) is 0 Å². The summed E-state index contributed by atoms with van der Waals surface area (Å²) in [4.78, 5) is 22.9. The first-order valence-corrected chi connectivity index (χ1v) is 6.66. The second kappa shape index (κ2) is 12.0. The molecule has 2 atom stereocenters. The van der Waals surface area contributed by atoms with Crippen molar-refractivity contribution in [2.45, 2.75) is 12.1 Å². The average molecular weight is 364 g/mol. The number of anilines is 2. The first kappa shape index (κ1) is 23.6. The van der Waals surface area contributed by atoms with Crippen molar-refractivity contribution < 1.29 is 104 Å². The van der Waals surface area contributed by atoms with Crippen LogP contribution in [0.4, 0.5) is 11.4 Å². The van der Waals surface area contributed by atoms with Crippen LogP contribution in [-0.4, -0.2) is 34.2 Å². The van der Waals surface area contributed by atoms with E-state index >= 15 is 0 Å². The maximum Gasteiger partial charge on any atom is 1.00 e. The fourth-order valence-electron chi connectivity index (χ4n) is 2.00. The van der Waals surface area contributed by atoms with E-state index in [1.165, 1.54) is 0 Å². The largest absolute Gasteiger partial charge is 1.00 e. The van der Waals surface area contributed by atoms with Gasteiger partial charge in [0, 0.05) is 11.4 Å². The molecule has 0 amide bonds. The molecule has 0 bridgehead atoms. The van der Waals surface area contributed by atoms with Gasteiger partial charge in [0.2, 0.25) is 0 Å². The third-order valence-corrected chi connectivity index (χ3v) is 3.06. The number of carboxylic acid groups (broad SMARTS) is 2. The van der Waals surface area contributed by atoms with E-state index in [0.29, 0.717) is 11.4 Å². The Bertz CT molecular complexity index is 596. The zero-order valence-electron chi connectivity index (χ0n) is 15.6. The van der Waals surface area contributed by atoms with Crippen LogP contribution in [-0.2, 0) is 9.59 Å². The van der Waals surface area contributed by atoms with Crippen molar-refractivity contribution in [1.29, 1.82) is 0 Å². The average Bonchev–Trinajstić information content (AvgIpc) is 2.52. The van der Waals surface area contributed by atoms with E-state index in [1.807, 2.05) is 0 Å². The Morgan fingerprint density at radius 3 is 1.29 bits per heavy atom. The smallest absolute Gasteiger partial charge is 1.00 e. The van der Waals surface area contributed by atoms with Gasteiger partial charge in [-0.1, -0.05) is 36.4 Å². The Morgan fingerprint density at radius 2 is 1.04 bits per heavy atom. The second-order valence-corrected chi connectivity index (χ2v) is 4.65. The maximum atomic E-state index is 11.5. The van der Waals surface area contributed by atoms with Crippen LogP contribution >= 0.6 is 0 Å². The van der Waals surface area contributed by atoms with Gasteiger partial charge in [-0.15, -0.1) is 0 Å². The van der Waals surface area contributed by atoms with Gasteiger partial charge in [0.05, 0.1) is 0 Å². The predicted octanol–water partition coefficient (Wildman–Crippen LogP) is -3.65. The number of aliphatic carboxylic acids is 2. The topological polar surface area (TPSA) is 98.7 Å². The minimum absolute atomic E-state index is 0. The molecule has 2 unspecified atom stereocenters. The van der Waals surface area contributed by atoms with Crippen LogP contribution in [0.5, 0.6) is 0 Å². The summed E-state index contributed by atoms with van der Waals surface area (Å²) in [7, 11) is 0. The zero-order valence-corrected chi connectivity index (χ0v) is 18.8. The Labute approximate surface area is 207 Å². The Balaban J connectivity index is -0.00000132. The van der Waals surface area contributed by atoms with Crippen LogP contribution in [0.2, 0.25) is 0 Å². The quantitative estimate of drug-likeness (QED) is 0.378. The molecule has 2 rings (SSSR count). The molecule has 118 valence electrons. The molecule has 0 heterocycles. The molecule has 8 heteroatoms. The molecule has 0 radical (unpaired) electrons. The third-order valence-electron chi connectivity index (χ3n) is 3.06. The SMILES string of the molecule is O=C(O)C(Nc1ccccc1)C(Nc1ccccc1)C(=O)O.[H-].[H-].[K+].[Na+]. The zero-order chi connectivity index (χ0) is 15.9. The van der Waals surface area contributed by atoms with Crippen molar-refractivity contribution in [3.8, 4) is 0 Å². The summed E-state index contributed by atoms with van der Waals surface area (Å²) in [5, 5.41) is 24.2. The van der Waals surface area contributed by atoms with E-state index in [0.717, 1.165) is 0 Å². The number of nitrogens with one attached hydrogen (secondary N) is 2. The standard InChI is InChI=1S/C16H16N2O4.K.Na.2H/c19-15(20)13(17-11-7-3-1-4-8-11)14(16(21)22)18-12-9-5-2-6-10-12;;;;/h1-10,13-14,17-18H,(H,19,20)(H,21,22);;;;/q;2*+1;2*-1. The Kier molecular flexibility index (Phi) is 11.9. The normalized spacial score (nSPS) is 11.8. The summed E-state index contributed by atoms with van der Waals surface area (Å²) in [5.74, 6) is -2.50. The first-order chi connectivity index (χ1) is 10.6. The molecule has 4 N–H and O–H groups in total. The van der Waals surface area contributed by atoms with Crippen LogP contribution in [0, 0.1) is 0 Å². The first-order valence-electron chi connectivity index (χ1n) is 6.66. The van der Waals surface area contributed by atoms with E-state index in [4.69, 9.17) is 0 Å².